The first kappa shape index (κ1) is 23.6. The molecule has 0 aliphatic rings. The van der Waals surface area contributed by atoms with Crippen LogP contribution < -0.4 is 15.6 Å². The highest BCUT2D eigenvalue weighted by molar-refractivity contribution is 6.37. The fourth-order valence-electron chi connectivity index (χ4n) is 3.32. The molecule has 11 heteroatoms. The molecule has 0 saturated carbocycles. The van der Waals surface area contributed by atoms with E-state index in [1.807, 2.05) is 0 Å². The van der Waals surface area contributed by atoms with Gasteiger partial charge in [-0.15, -0.1) is 0 Å². The zero-order valence-electron chi connectivity index (χ0n) is 17.3. The molecule has 0 unspecified atom stereocenters. The first-order valence-corrected chi connectivity index (χ1v) is 10.4. The number of fused-ring (bicyclic) bond motifs is 1. The summed E-state index contributed by atoms with van der Waals surface area (Å²) in [5.41, 5.74) is -0.296. The normalized spacial score (nSPS) is 11.0. The molecule has 0 aliphatic carbocycles. The van der Waals surface area contributed by atoms with Gasteiger partial charge < -0.3 is 14.6 Å². The van der Waals surface area contributed by atoms with Crippen molar-refractivity contribution in [2.45, 2.75) is 13.5 Å². The number of rotatable bonds is 5. The number of hydrogen-bond donors (Lipinski definition) is 1. The van der Waals surface area contributed by atoms with Gasteiger partial charge in [-0.3, -0.25) is 9.59 Å². The molecule has 1 N–H and O–H groups in total. The van der Waals surface area contributed by atoms with Gasteiger partial charge >= 0.3 is 0 Å². The Balaban J connectivity index is 1.70. The van der Waals surface area contributed by atoms with Gasteiger partial charge in [-0.2, -0.15) is 4.98 Å². The molecule has 4 aromatic rings. The van der Waals surface area contributed by atoms with Gasteiger partial charge in [0, 0.05) is 30.3 Å². The summed E-state index contributed by atoms with van der Waals surface area (Å²) in [7, 11) is 0. The Morgan fingerprint density at radius 1 is 1.06 bits per heavy atom. The Hall–Kier alpha value is -3.56. The van der Waals surface area contributed by atoms with Gasteiger partial charge in [0.15, 0.2) is 5.75 Å². The van der Waals surface area contributed by atoms with Crippen LogP contribution in [-0.2, 0) is 11.3 Å². The molecule has 174 valence electrons. The van der Waals surface area contributed by atoms with Crippen molar-refractivity contribution >= 4 is 45.7 Å². The minimum Gasteiger partial charge on any atom is -0.454 e. The third-order valence-electron chi connectivity index (χ3n) is 4.80. The van der Waals surface area contributed by atoms with Crippen molar-refractivity contribution in [3.05, 3.63) is 92.2 Å². The molecule has 34 heavy (non-hydrogen) atoms. The van der Waals surface area contributed by atoms with Crippen molar-refractivity contribution in [2.75, 3.05) is 5.32 Å². The number of ether oxygens (including phenoxy) is 1. The Morgan fingerprint density at radius 3 is 2.32 bits per heavy atom. The number of benzene rings is 3. The maximum atomic E-state index is 14.1. The van der Waals surface area contributed by atoms with E-state index in [1.165, 1.54) is 41.8 Å². The number of carbonyl (C=O) groups excluding carboxylic acids is 1. The van der Waals surface area contributed by atoms with Gasteiger partial charge in [0.1, 0.15) is 23.2 Å². The molecule has 0 bridgehead atoms. The van der Waals surface area contributed by atoms with Crippen LogP contribution >= 0.6 is 23.2 Å². The lowest BCUT2D eigenvalue weighted by Gasteiger charge is -2.14. The minimum atomic E-state index is -1.06. The summed E-state index contributed by atoms with van der Waals surface area (Å²) in [5.74, 6) is -3.17. The monoisotopic (exact) mass is 507 g/mol. The number of hydrogen-bond acceptors (Lipinski definition) is 4. The summed E-state index contributed by atoms with van der Waals surface area (Å²) in [6.45, 7) is 1.01. The second kappa shape index (κ2) is 9.36. The minimum absolute atomic E-state index is 0.0939. The number of anilines is 1. The standard InChI is InChI=1S/C23H14Cl2F3N3O3/c1-11(32)30-13-6-17(24)22(18(25)7-13)34-14-2-3-21-15(8-14)23(33)29-10-31(21)9-16-19(27)4-12(26)5-20(16)28/h2-8,10H,9H2,1H3,(H,30,32). The number of aromatic nitrogens is 2. The number of amides is 1. The van der Waals surface area contributed by atoms with Crippen molar-refractivity contribution < 1.29 is 22.7 Å². The maximum absolute atomic E-state index is 14.1. The Kier molecular flexibility index (Phi) is 6.49. The van der Waals surface area contributed by atoms with Crippen LogP contribution in [0.25, 0.3) is 10.9 Å². The summed E-state index contributed by atoms with van der Waals surface area (Å²) < 4.78 is 48.6. The first-order chi connectivity index (χ1) is 16.1. The number of halogens is 5. The van der Waals surface area contributed by atoms with Crippen LogP contribution in [0.3, 0.4) is 0 Å². The summed E-state index contributed by atoms with van der Waals surface area (Å²) in [6, 6.07) is 8.44. The fraction of sp³-hybridized carbons (Fsp3) is 0.0870. The SMILES string of the molecule is CC(=O)Nc1cc(Cl)c(Oc2ccc3c(c2)c(=O)ncn3Cc2c(F)cc(F)cc2F)c(Cl)c1. The summed E-state index contributed by atoms with van der Waals surface area (Å²) in [6.07, 6.45) is 1.14. The molecule has 0 spiro atoms. The number of carbonyl (C=O) groups is 1. The quantitative estimate of drug-likeness (QED) is 0.363. The second-order valence-electron chi connectivity index (χ2n) is 7.26. The van der Waals surface area contributed by atoms with Gasteiger partial charge in [0.25, 0.3) is 5.56 Å². The van der Waals surface area contributed by atoms with E-state index >= 15 is 0 Å². The van der Waals surface area contributed by atoms with Crippen molar-refractivity contribution in [1.82, 2.24) is 9.55 Å². The van der Waals surface area contributed by atoms with E-state index in [9.17, 15) is 22.8 Å². The molecular weight excluding hydrogens is 494 g/mol. The Bertz CT molecular complexity index is 1460. The Morgan fingerprint density at radius 2 is 1.71 bits per heavy atom. The largest absolute Gasteiger partial charge is 0.454 e. The van der Waals surface area contributed by atoms with Crippen LogP contribution in [-0.4, -0.2) is 15.5 Å². The fourth-order valence-corrected chi connectivity index (χ4v) is 3.89. The van der Waals surface area contributed by atoms with Gasteiger partial charge in [0.05, 0.1) is 33.8 Å². The topological polar surface area (TPSA) is 73.2 Å². The summed E-state index contributed by atoms with van der Waals surface area (Å²) in [4.78, 5) is 27.4. The van der Waals surface area contributed by atoms with Crippen LogP contribution in [0.2, 0.25) is 10.0 Å². The van der Waals surface area contributed by atoms with Crippen LogP contribution in [0.15, 0.2) is 53.6 Å². The van der Waals surface area contributed by atoms with Crippen molar-refractivity contribution in [1.29, 1.82) is 0 Å². The first-order valence-electron chi connectivity index (χ1n) is 9.69. The van der Waals surface area contributed by atoms with E-state index in [0.717, 1.165) is 6.33 Å². The highest BCUT2D eigenvalue weighted by atomic mass is 35.5. The molecule has 0 aliphatic heterocycles. The average molecular weight is 508 g/mol. The molecule has 1 heterocycles. The number of nitrogens with one attached hydrogen (secondary N) is 1. The second-order valence-corrected chi connectivity index (χ2v) is 8.07. The van der Waals surface area contributed by atoms with Crippen LogP contribution in [0.1, 0.15) is 12.5 Å². The molecule has 0 atom stereocenters. The molecule has 3 aromatic carbocycles. The third kappa shape index (κ3) is 4.85. The zero-order valence-corrected chi connectivity index (χ0v) is 18.8. The highest BCUT2D eigenvalue weighted by Gasteiger charge is 2.16. The lowest BCUT2D eigenvalue weighted by atomic mass is 10.1. The van der Waals surface area contributed by atoms with Crippen LogP contribution in [0.4, 0.5) is 18.9 Å². The van der Waals surface area contributed by atoms with Gasteiger partial charge in [-0.25, -0.2) is 13.2 Å². The summed E-state index contributed by atoms with van der Waals surface area (Å²) >= 11 is 12.5. The van der Waals surface area contributed by atoms with Crippen molar-refractivity contribution in [3.8, 4) is 11.5 Å². The summed E-state index contributed by atoms with van der Waals surface area (Å²) in [5, 5.41) is 2.88. The zero-order chi connectivity index (χ0) is 24.6. The molecule has 1 aromatic heterocycles. The predicted molar refractivity (Wildman–Crippen MR) is 122 cm³/mol. The molecule has 1 amide bonds. The lowest BCUT2D eigenvalue weighted by Crippen LogP contribution is -2.14. The molecule has 0 fully saturated rings. The van der Waals surface area contributed by atoms with E-state index in [4.69, 9.17) is 27.9 Å². The molecule has 0 radical (unpaired) electrons. The van der Waals surface area contributed by atoms with Crippen molar-refractivity contribution in [2.24, 2.45) is 0 Å². The highest BCUT2D eigenvalue weighted by Crippen LogP contribution is 2.39. The maximum Gasteiger partial charge on any atom is 0.280 e. The van der Waals surface area contributed by atoms with E-state index < -0.39 is 23.0 Å². The smallest absolute Gasteiger partial charge is 0.280 e. The molecule has 0 saturated heterocycles. The third-order valence-corrected chi connectivity index (χ3v) is 5.36. The van der Waals surface area contributed by atoms with Crippen molar-refractivity contribution in [3.63, 3.8) is 0 Å². The average Bonchev–Trinajstić information content (AvgIpc) is 2.74. The van der Waals surface area contributed by atoms with E-state index in [-0.39, 0.29) is 44.9 Å². The van der Waals surface area contributed by atoms with E-state index in [0.29, 0.717) is 23.3 Å². The van der Waals surface area contributed by atoms with Crippen LogP contribution in [0.5, 0.6) is 11.5 Å². The molecule has 6 nitrogen and oxygen atoms in total. The van der Waals surface area contributed by atoms with Gasteiger partial charge in [0.2, 0.25) is 5.91 Å². The molecular formula is C23H14Cl2F3N3O3. The van der Waals surface area contributed by atoms with Crippen LogP contribution in [0, 0.1) is 17.5 Å². The van der Waals surface area contributed by atoms with Gasteiger partial charge in [-0.05, 0) is 30.3 Å². The molecule has 4 rings (SSSR count). The lowest BCUT2D eigenvalue weighted by molar-refractivity contribution is -0.114. The van der Waals surface area contributed by atoms with Gasteiger partial charge in [-0.1, -0.05) is 23.2 Å². The van der Waals surface area contributed by atoms with E-state index in [2.05, 4.69) is 10.3 Å². The van der Waals surface area contributed by atoms with E-state index in [1.54, 1.807) is 0 Å². The Labute approximate surface area is 200 Å². The predicted octanol–water partition coefficient (Wildman–Crippen LogP) is 5.92. The number of nitrogens with zero attached hydrogens (tertiary/aromatic N) is 2.